The largest absolute Gasteiger partial charge is 0.352 e. The summed E-state index contributed by atoms with van der Waals surface area (Å²) in [5.41, 5.74) is 0.822. The highest BCUT2D eigenvalue weighted by Gasteiger charge is 2.24. The van der Waals surface area contributed by atoms with E-state index in [0.29, 0.717) is 15.8 Å². The second-order valence-electron chi connectivity index (χ2n) is 5.41. The van der Waals surface area contributed by atoms with Crippen LogP contribution >= 0.6 is 23.2 Å². The normalized spacial score (nSPS) is 18.4. The maximum atomic E-state index is 12.3. The molecule has 1 aromatic carbocycles. The molecule has 0 spiro atoms. The molecule has 0 radical (unpaired) electrons. The van der Waals surface area contributed by atoms with Gasteiger partial charge in [0.1, 0.15) is 5.25 Å². The minimum Gasteiger partial charge on any atom is -0.352 e. The van der Waals surface area contributed by atoms with Gasteiger partial charge in [-0.05, 0) is 37.5 Å². The lowest BCUT2D eigenvalue weighted by Crippen LogP contribution is -2.40. The molecule has 1 aromatic rings. The third-order valence-corrected chi connectivity index (χ3v) is 6.12. The Morgan fingerprint density at radius 1 is 1.33 bits per heavy atom. The second-order valence-corrected chi connectivity index (χ2v) is 7.98. The number of hydrogen-bond donors (Lipinski definition) is 1. The zero-order valence-electron chi connectivity index (χ0n) is 11.9. The first-order valence-corrected chi connectivity index (χ1v) is 9.22. The van der Waals surface area contributed by atoms with Gasteiger partial charge in [-0.25, -0.2) is 0 Å². The van der Waals surface area contributed by atoms with Crippen LogP contribution in [0, 0.1) is 0 Å². The highest BCUT2D eigenvalue weighted by molar-refractivity contribution is 7.85. The number of halogens is 2. The Kier molecular flexibility index (Phi) is 6.08. The van der Waals surface area contributed by atoms with Crippen molar-refractivity contribution in [3.05, 3.63) is 33.8 Å². The van der Waals surface area contributed by atoms with Crippen molar-refractivity contribution in [3.63, 3.8) is 0 Å². The number of amides is 1. The van der Waals surface area contributed by atoms with Gasteiger partial charge < -0.3 is 5.32 Å². The zero-order valence-corrected chi connectivity index (χ0v) is 14.2. The molecule has 1 aliphatic carbocycles. The molecule has 1 amide bonds. The zero-order chi connectivity index (χ0) is 15.4. The van der Waals surface area contributed by atoms with E-state index in [9.17, 15) is 9.00 Å². The first kappa shape index (κ1) is 16.8. The van der Waals surface area contributed by atoms with Crippen molar-refractivity contribution in [1.82, 2.24) is 5.32 Å². The molecule has 2 unspecified atom stereocenters. The van der Waals surface area contributed by atoms with Crippen molar-refractivity contribution >= 4 is 39.9 Å². The molecule has 21 heavy (non-hydrogen) atoms. The lowest BCUT2D eigenvalue weighted by atomic mass is 10.2. The van der Waals surface area contributed by atoms with Crippen molar-refractivity contribution in [2.24, 2.45) is 0 Å². The summed E-state index contributed by atoms with van der Waals surface area (Å²) in [5.74, 6) is 0.177. The number of benzene rings is 1. The van der Waals surface area contributed by atoms with Crippen LogP contribution in [0.1, 0.15) is 38.2 Å². The molecular formula is C15H19Cl2NO2S. The van der Waals surface area contributed by atoms with Crippen molar-refractivity contribution in [1.29, 1.82) is 0 Å². The molecular weight excluding hydrogens is 329 g/mol. The molecule has 1 saturated carbocycles. The summed E-state index contributed by atoms with van der Waals surface area (Å²) < 4.78 is 12.3. The van der Waals surface area contributed by atoms with E-state index in [1.165, 1.54) is 0 Å². The van der Waals surface area contributed by atoms with Gasteiger partial charge in [-0.1, -0.05) is 42.1 Å². The molecule has 3 nitrogen and oxygen atoms in total. The average molecular weight is 348 g/mol. The minimum absolute atomic E-state index is 0.125. The van der Waals surface area contributed by atoms with Crippen LogP contribution in [-0.2, 0) is 21.3 Å². The molecule has 0 aromatic heterocycles. The van der Waals surface area contributed by atoms with E-state index in [1.54, 1.807) is 25.1 Å². The van der Waals surface area contributed by atoms with E-state index >= 15 is 0 Å². The smallest absolute Gasteiger partial charge is 0.235 e. The SMILES string of the molecule is CC(C(=O)NC1CCCC1)S(=O)Cc1ccc(Cl)c(Cl)c1. The summed E-state index contributed by atoms with van der Waals surface area (Å²) in [6.07, 6.45) is 4.37. The average Bonchev–Trinajstić information content (AvgIpc) is 2.94. The van der Waals surface area contributed by atoms with Crippen molar-refractivity contribution < 1.29 is 9.00 Å². The van der Waals surface area contributed by atoms with Crippen LogP contribution in [0.5, 0.6) is 0 Å². The highest BCUT2D eigenvalue weighted by Crippen LogP contribution is 2.23. The predicted molar refractivity (Wildman–Crippen MR) is 88.2 cm³/mol. The lowest BCUT2D eigenvalue weighted by molar-refractivity contribution is -0.121. The van der Waals surface area contributed by atoms with Crippen LogP contribution < -0.4 is 5.32 Å². The summed E-state index contributed by atoms with van der Waals surface area (Å²) in [7, 11) is -1.27. The van der Waals surface area contributed by atoms with Crippen LogP contribution in [0.3, 0.4) is 0 Å². The van der Waals surface area contributed by atoms with Gasteiger partial charge >= 0.3 is 0 Å². The van der Waals surface area contributed by atoms with E-state index in [1.807, 2.05) is 0 Å². The standard InChI is InChI=1S/C15H19Cl2NO2S/c1-10(15(19)18-12-4-2-3-5-12)21(20)9-11-6-7-13(16)14(17)8-11/h6-8,10,12H,2-5,9H2,1H3,(H,18,19). The molecule has 1 fully saturated rings. The molecule has 116 valence electrons. The molecule has 1 N–H and O–H groups in total. The van der Waals surface area contributed by atoms with Gasteiger partial charge in [0.25, 0.3) is 0 Å². The fourth-order valence-electron chi connectivity index (χ4n) is 2.43. The molecule has 2 atom stereocenters. The number of rotatable bonds is 5. The topological polar surface area (TPSA) is 46.2 Å². The van der Waals surface area contributed by atoms with Crippen LogP contribution in [-0.4, -0.2) is 21.4 Å². The number of carbonyl (C=O) groups is 1. The maximum Gasteiger partial charge on any atom is 0.235 e. The Morgan fingerprint density at radius 2 is 2.00 bits per heavy atom. The lowest BCUT2D eigenvalue weighted by Gasteiger charge is -2.16. The van der Waals surface area contributed by atoms with Crippen molar-refractivity contribution in [2.45, 2.75) is 49.7 Å². The third kappa shape index (κ3) is 4.70. The number of nitrogens with one attached hydrogen (secondary N) is 1. The summed E-state index contributed by atoms with van der Waals surface area (Å²) in [6, 6.07) is 5.42. The van der Waals surface area contributed by atoms with Gasteiger partial charge in [0, 0.05) is 22.6 Å². The first-order valence-electron chi connectivity index (χ1n) is 7.09. The van der Waals surface area contributed by atoms with Gasteiger partial charge in [0.05, 0.1) is 10.0 Å². The maximum absolute atomic E-state index is 12.3. The molecule has 6 heteroatoms. The molecule has 0 bridgehead atoms. The Labute approximate surface area is 137 Å². The molecule has 0 heterocycles. The predicted octanol–water partition coefficient (Wildman–Crippen LogP) is 3.69. The van der Waals surface area contributed by atoms with Crippen molar-refractivity contribution in [3.8, 4) is 0 Å². The summed E-state index contributed by atoms with van der Waals surface area (Å²) in [6.45, 7) is 1.71. The molecule has 2 rings (SSSR count). The Morgan fingerprint density at radius 3 is 2.62 bits per heavy atom. The Hall–Kier alpha value is -0.580. The fraction of sp³-hybridized carbons (Fsp3) is 0.533. The summed E-state index contributed by atoms with van der Waals surface area (Å²) >= 11 is 11.8. The van der Waals surface area contributed by atoms with E-state index in [0.717, 1.165) is 31.2 Å². The van der Waals surface area contributed by atoms with Crippen LogP contribution in [0.2, 0.25) is 10.0 Å². The minimum atomic E-state index is -1.27. The Balaban J connectivity index is 1.91. The van der Waals surface area contributed by atoms with Crippen LogP contribution in [0.25, 0.3) is 0 Å². The van der Waals surface area contributed by atoms with E-state index in [-0.39, 0.29) is 11.9 Å². The van der Waals surface area contributed by atoms with Crippen LogP contribution in [0.15, 0.2) is 18.2 Å². The quantitative estimate of drug-likeness (QED) is 0.882. The third-order valence-electron chi connectivity index (χ3n) is 3.76. The monoisotopic (exact) mass is 347 g/mol. The molecule has 0 saturated heterocycles. The van der Waals surface area contributed by atoms with E-state index in [4.69, 9.17) is 23.2 Å². The summed E-state index contributed by atoms with van der Waals surface area (Å²) in [5, 5.41) is 3.37. The van der Waals surface area contributed by atoms with Crippen LogP contribution in [0.4, 0.5) is 0 Å². The van der Waals surface area contributed by atoms with Gasteiger partial charge in [-0.2, -0.15) is 0 Å². The van der Waals surface area contributed by atoms with Gasteiger partial charge in [-0.15, -0.1) is 0 Å². The van der Waals surface area contributed by atoms with Crippen molar-refractivity contribution in [2.75, 3.05) is 0 Å². The fourth-order valence-corrected chi connectivity index (χ4v) is 3.81. The number of hydrogen-bond acceptors (Lipinski definition) is 2. The molecule has 1 aliphatic rings. The number of carbonyl (C=O) groups excluding carboxylic acids is 1. The van der Waals surface area contributed by atoms with Gasteiger partial charge in [0.15, 0.2) is 0 Å². The van der Waals surface area contributed by atoms with Gasteiger partial charge in [0.2, 0.25) is 5.91 Å². The Bertz CT molecular complexity index is 544. The second kappa shape index (κ2) is 7.61. The van der Waals surface area contributed by atoms with E-state index in [2.05, 4.69) is 5.32 Å². The first-order chi connectivity index (χ1) is 9.97. The highest BCUT2D eigenvalue weighted by atomic mass is 35.5. The summed E-state index contributed by atoms with van der Waals surface area (Å²) in [4.78, 5) is 12.1. The van der Waals surface area contributed by atoms with Gasteiger partial charge in [-0.3, -0.25) is 9.00 Å². The van der Waals surface area contributed by atoms with E-state index < -0.39 is 16.0 Å². The molecule has 0 aliphatic heterocycles.